The molecule has 1 unspecified atom stereocenters. The molecular formula is C12H18OS. The van der Waals surface area contributed by atoms with E-state index in [0.717, 1.165) is 17.9 Å². The molecule has 2 heteroatoms. The number of benzene rings is 1. The molecule has 0 aliphatic rings. The van der Waals surface area contributed by atoms with Crippen molar-refractivity contribution in [1.82, 2.24) is 0 Å². The number of rotatable bonds is 4. The highest BCUT2D eigenvalue weighted by Gasteiger charge is 2.07. The molecule has 0 fully saturated rings. The van der Waals surface area contributed by atoms with E-state index >= 15 is 0 Å². The smallest absolute Gasteiger partial charge is 0.119 e. The van der Waals surface area contributed by atoms with Crippen molar-refractivity contribution in [2.75, 3.05) is 12.9 Å². The molecule has 0 saturated heterocycles. The molecule has 0 radical (unpaired) electrons. The molecule has 0 amide bonds. The SMILES string of the molecule is COc1ccc(C(C)CCS)c(C)c1. The van der Waals surface area contributed by atoms with Crippen LogP contribution in [-0.4, -0.2) is 12.9 Å². The highest BCUT2D eigenvalue weighted by molar-refractivity contribution is 7.80. The van der Waals surface area contributed by atoms with E-state index in [2.05, 4.69) is 38.6 Å². The average molecular weight is 210 g/mol. The van der Waals surface area contributed by atoms with Gasteiger partial charge in [0.05, 0.1) is 7.11 Å². The minimum Gasteiger partial charge on any atom is -0.497 e. The molecule has 1 aromatic carbocycles. The summed E-state index contributed by atoms with van der Waals surface area (Å²) in [4.78, 5) is 0. The number of methoxy groups -OCH3 is 1. The molecule has 0 N–H and O–H groups in total. The van der Waals surface area contributed by atoms with Gasteiger partial charge < -0.3 is 4.74 Å². The van der Waals surface area contributed by atoms with Crippen LogP contribution >= 0.6 is 12.6 Å². The van der Waals surface area contributed by atoms with Crippen molar-refractivity contribution in [3.05, 3.63) is 29.3 Å². The highest BCUT2D eigenvalue weighted by atomic mass is 32.1. The molecule has 1 atom stereocenters. The number of aryl methyl sites for hydroxylation is 1. The maximum Gasteiger partial charge on any atom is 0.119 e. The molecule has 78 valence electrons. The lowest BCUT2D eigenvalue weighted by Crippen LogP contribution is -1.98. The molecule has 0 spiro atoms. The quantitative estimate of drug-likeness (QED) is 0.749. The zero-order chi connectivity index (χ0) is 10.6. The lowest BCUT2D eigenvalue weighted by molar-refractivity contribution is 0.414. The van der Waals surface area contributed by atoms with Crippen LogP contribution in [0.5, 0.6) is 5.75 Å². The molecule has 1 aromatic rings. The minimum absolute atomic E-state index is 0.582. The molecule has 1 rings (SSSR count). The van der Waals surface area contributed by atoms with Gasteiger partial charge in [-0.1, -0.05) is 13.0 Å². The molecule has 0 saturated carbocycles. The Bertz CT molecular complexity index is 296. The largest absolute Gasteiger partial charge is 0.497 e. The van der Waals surface area contributed by atoms with Crippen molar-refractivity contribution in [3.63, 3.8) is 0 Å². The molecule has 1 nitrogen and oxygen atoms in total. The third-order valence-electron chi connectivity index (χ3n) is 2.57. The molecule has 14 heavy (non-hydrogen) atoms. The Morgan fingerprint density at radius 2 is 2.14 bits per heavy atom. The Balaban J connectivity index is 2.88. The van der Waals surface area contributed by atoms with Crippen molar-refractivity contribution < 1.29 is 4.74 Å². The number of hydrogen-bond donors (Lipinski definition) is 1. The maximum absolute atomic E-state index is 5.17. The maximum atomic E-state index is 5.17. The summed E-state index contributed by atoms with van der Waals surface area (Å²) in [6.07, 6.45) is 1.12. The standard InChI is InChI=1S/C12H18OS/c1-9(6-7-14)12-5-4-11(13-3)8-10(12)2/h4-5,8-9,14H,6-7H2,1-3H3. The van der Waals surface area contributed by atoms with Gasteiger partial charge in [0.15, 0.2) is 0 Å². The van der Waals surface area contributed by atoms with E-state index in [1.807, 2.05) is 6.07 Å². The van der Waals surface area contributed by atoms with Crippen molar-refractivity contribution in [3.8, 4) is 5.75 Å². The monoisotopic (exact) mass is 210 g/mol. The van der Waals surface area contributed by atoms with E-state index in [9.17, 15) is 0 Å². The Labute approximate surface area is 91.9 Å². The molecule has 0 bridgehead atoms. The summed E-state index contributed by atoms with van der Waals surface area (Å²) in [6, 6.07) is 6.27. The second kappa shape index (κ2) is 5.30. The first-order chi connectivity index (χ1) is 6.69. The van der Waals surface area contributed by atoms with Crippen molar-refractivity contribution in [2.24, 2.45) is 0 Å². The van der Waals surface area contributed by atoms with Gasteiger partial charge in [-0.15, -0.1) is 0 Å². The van der Waals surface area contributed by atoms with Crippen LogP contribution in [0.25, 0.3) is 0 Å². The van der Waals surface area contributed by atoms with Crippen molar-refractivity contribution in [2.45, 2.75) is 26.2 Å². The van der Waals surface area contributed by atoms with E-state index in [4.69, 9.17) is 4.74 Å². The van der Waals surface area contributed by atoms with Crippen LogP contribution in [0.4, 0.5) is 0 Å². The molecule has 0 aliphatic carbocycles. The zero-order valence-corrected chi connectivity index (χ0v) is 9.97. The number of thiol groups is 1. The summed E-state index contributed by atoms with van der Waals surface area (Å²) in [6.45, 7) is 4.37. The van der Waals surface area contributed by atoms with Crippen LogP contribution in [0.1, 0.15) is 30.4 Å². The van der Waals surface area contributed by atoms with Gasteiger partial charge in [-0.25, -0.2) is 0 Å². The minimum atomic E-state index is 0.582. The Morgan fingerprint density at radius 3 is 2.64 bits per heavy atom. The Hall–Kier alpha value is -0.630. The molecule has 0 heterocycles. The first-order valence-electron chi connectivity index (χ1n) is 4.94. The first-order valence-corrected chi connectivity index (χ1v) is 5.57. The van der Waals surface area contributed by atoms with Crippen molar-refractivity contribution >= 4 is 12.6 Å². The van der Waals surface area contributed by atoms with Gasteiger partial charge in [0.2, 0.25) is 0 Å². The van der Waals surface area contributed by atoms with Crippen LogP contribution in [0, 0.1) is 6.92 Å². The zero-order valence-electron chi connectivity index (χ0n) is 9.08. The van der Waals surface area contributed by atoms with Crippen LogP contribution in [0.15, 0.2) is 18.2 Å². The summed E-state index contributed by atoms with van der Waals surface area (Å²) in [7, 11) is 1.70. The third-order valence-corrected chi connectivity index (χ3v) is 2.83. The van der Waals surface area contributed by atoms with E-state index in [1.165, 1.54) is 11.1 Å². The summed E-state index contributed by atoms with van der Waals surface area (Å²) < 4.78 is 5.17. The fourth-order valence-electron chi connectivity index (χ4n) is 1.68. The summed E-state index contributed by atoms with van der Waals surface area (Å²) >= 11 is 4.26. The van der Waals surface area contributed by atoms with Crippen LogP contribution < -0.4 is 4.74 Å². The van der Waals surface area contributed by atoms with Gasteiger partial charge in [0, 0.05) is 0 Å². The summed E-state index contributed by atoms with van der Waals surface area (Å²) in [5.74, 6) is 2.45. The van der Waals surface area contributed by atoms with Gasteiger partial charge in [0.1, 0.15) is 5.75 Å². The van der Waals surface area contributed by atoms with E-state index in [0.29, 0.717) is 5.92 Å². The molecule has 0 aromatic heterocycles. The van der Waals surface area contributed by atoms with E-state index < -0.39 is 0 Å². The van der Waals surface area contributed by atoms with Gasteiger partial charge in [0.25, 0.3) is 0 Å². The van der Waals surface area contributed by atoms with E-state index in [-0.39, 0.29) is 0 Å². The topological polar surface area (TPSA) is 9.23 Å². The summed E-state index contributed by atoms with van der Waals surface area (Å²) in [5, 5.41) is 0. The Kier molecular flexibility index (Phi) is 4.33. The number of ether oxygens (including phenoxy) is 1. The van der Waals surface area contributed by atoms with Gasteiger partial charge in [-0.3, -0.25) is 0 Å². The lowest BCUT2D eigenvalue weighted by atomic mass is 9.94. The summed E-state index contributed by atoms with van der Waals surface area (Å²) in [5.41, 5.74) is 2.71. The molecular weight excluding hydrogens is 192 g/mol. The van der Waals surface area contributed by atoms with Crippen LogP contribution in [-0.2, 0) is 0 Å². The lowest BCUT2D eigenvalue weighted by Gasteiger charge is -2.14. The normalized spacial score (nSPS) is 12.6. The Morgan fingerprint density at radius 1 is 1.43 bits per heavy atom. The van der Waals surface area contributed by atoms with Gasteiger partial charge in [-0.2, -0.15) is 12.6 Å². The number of hydrogen-bond acceptors (Lipinski definition) is 2. The predicted octanol–water partition coefficient (Wildman–Crippen LogP) is 3.43. The molecule has 0 aliphatic heterocycles. The fraction of sp³-hybridized carbons (Fsp3) is 0.500. The van der Waals surface area contributed by atoms with Crippen LogP contribution in [0.3, 0.4) is 0 Å². The van der Waals surface area contributed by atoms with Gasteiger partial charge >= 0.3 is 0 Å². The second-order valence-electron chi connectivity index (χ2n) is 3.64. The van der Waals surface area contributed by atoms with Crippen LogP contribution in [0.2, 0.25) is 0 Å². The third kappa shape index (κ3) is 2.68. The predicted molar refractivity (Wildman–Crippen MR) is 64.6 cm³/mol. The average Bonchev–Trinajstić information content (AvgIpc) is 2.17. The first kappa shape index (κ1) is 11.4. The fourth-order valence-corrected chi connectivity index (χ4v) is 2.06. The van der Waals surface area contributed by atoms with Crippen molar-refractivity contribution in [1.29, 1.82) is 0 Å². The van der Waals surface area contributed by atoms with Gasteiger partial charge in [-0.05, 0) is 48.3 Å². The van der Waals surface area contributed by atoms with E-state index in [1.54, 1.807) is 7.11 Å². The second-order valence-corrected chi connectivity index (χ2v) is 4.08. The highest BCUT2D eigenvalue weighted by Crippen LogP contribution is 2.26.